The van der Waals surface area contributed by atoms with E-state index < -0.39 is 0 Å². The molecule has 0 radical (unpaired) electrons. The topological polar surface area (TPSA) is 53.6 Å². The smallest absolute Gasteiger partial charge is 0.226 e. The molecule has 0 saturated heterocycles. The first-order valence-corrected chi connectivity index (χ1v) is 8.04. The molecule has 0 bridgehead atoms. The van der Waals surface area contributed by atoms with Gasteiger partial charge in [0, 0.05) is 25.6 Å². The van der Waals surface area contributed by atoms with Crippen LogP contribution >= 0.6 is 0 Å². The van der Waals surface area contributed by atoms with Gasteiger partial charge in [-0.05, 0) is 38.6 Å². The minimum atomic E-state index is -0.0140. The Labute approximate surface area is 140 Å². The molecule has 2 N–H and O–H groups in total. The predicted molar refractivity (Wildman–Crippen MR) is 96.0 cm³/mol. The molecule has 1 aromatic rings. The van der Waals surface area contributed by atoms with Crippen molar-refractivity contribution in [3.05, 3.63) is 24.3 Å². The van der Waals surface area contributed by atoms with Crippen LogP contribution < -0.4 is 15.4 Å². The second-order valence-electron chi connectivity index (χ2n) is 7.14. The van der Waals surface area contributed by atoms with Crippen LogP contribution in [0.1, 0.15) is 27.2 Å². The third kappa shape index (κ3) is 7.48. The number of ether oxygens (including phenoxy) is 1. The van der Waals surface area contributed by atoms with E-state index in [1.165, 1.54) is 0 Å². The Balaban J connectivity index is 2.45. The van der Waals surface area contributed by atoms with Crippen molar-refractivity contribution in [2.24, 2.45) is 5.41 Å². The van der Waals surface area contributed by atoms with Crippen molar-refractivity contribution >= 4 is 11.6 Å². The number of para-hydroxylation sites is 2. The Hall–Kier alpha value is -1.59. The summed E-state index contributed by atoms with van der Waals surface area (Å²) < 4.78 is 5.25. The van der Waals surface area contributed by atoms with Crippen LogP contribution in [-0.4, -0.2) is 51.1 Å². The molecule has 1 aromatic carbocycles. The fourth-order valence-corrected chi connectivity index (χ4v) is 2.66. The van der Waals surface area contributed by atoms with Crippen molar-refractivity contribution in [2.45, 2.75) is 33.2 Å². The molecular formula is C18H31N3O2. The van der Waals surface area contributed by atoms with Gasteiger partial charge in [-0.15, -0.1) is 0 Å². The van der Waals surface area contributed by atoms with Crippen molar-refractivity contribution in [1.82, 2.24) is 10.2 Å². The zero-order valence-corrected chi connectivity index (χ0v) is 15.3. The molecule has 1 atom stereocenters. The lowest BCUT2D eigenvalue weighted by molar-refractivity contribution is -0.116. The highest BCUT2D eigenvalue weighted by molar-refractivity contribution is 5.92. The Morgan fingerprint density at radius 1 is 1.30 bits per heavy atom. The first-order valence-electron chi connectivity index (χ1n) is 8.04. The minimum Gasteiger partial charge on any atom is -0.495 e. The molecule has 130 valence electrons. The van der Waals surface area contributed by atoms with Gasteiger partial charge in [-0.25, -0.2) is 0 Å². The monoisotopic (exact) mass is 321 g/mol. The number of carbonyl (C=O) groups excluding carboxylic acids is 1. The number of nitrogens with one attached hydrogen (secondary N) is 2. The van der Waals surface area contributed by atoms with Crippen molar-refractivity contribution in [3.8, 4) is 5.75 Å². The van der Waals surface area contributed by atoms with E-state index in [0.29, 0.717) is 17.9 Å². The van der Waals surface area contributed by atoms with E-state index in [0.717, 1.165) is 13.1 Å². The third-order valence-electron chi connectivity index (χ3n) is 3.55. The summed E-state index contributed by atoms with van der Waals surface area (Å²) in [6, 6.07) is 7.55. The molecular weight excluding hydrogens is 290 g/mol. The second-order valence-corrected chi connectivity index (χ2v) is 7.14. The second kappa shape index (κ2) is 8.89. The first kappa shape index (κ1) is 19.5. The average molecular weight is 321 g/mol. The van der Waals surface area contributed by atoms with E-state index in [1.807, 2.05) is 31.2 Å². The van der Waals surface area contributed by atoms with E-state index in [9.17, 15) is 4.79 Å². The fourth-order valence-electron chi connectivity index (χ4n) is 2.66. The van der Waals surface area contributed by atoms with Crippen molar-refractivity contribution in [2.75, 3.05) is 39.6 Å². The van der Waals surface area contributed by atoms with Crippen LogP contribution in [0.4, 0.5) is 5.69 Å². The van der Waals surface area contributed by atoms with E-state index in [1.54, 1.807) is 7.11 Å². The average Bonchev–Trinajstić information content (AvgIpc) is 2.44. The van der Waals surface area contributed by atoms with Crippen molar-refractivity contribution in [3.63, 3.8) is 0 Å². The molecule has 0 aliphatic carbocycles. The van der Waals surface area contributed by atoms with Gasteiger partial charge in [0.2, 0.25) is 5.91 Å². The van der Waals surface area contributed by atoms with Crippen LogP contribution in [0.2, 0.25) is 0 Å². The Morgan fingerprint density at radius 2 is 1.96 bits per heavy atom. The fraction of sp³-hybridized carbons (Fsp3) is 0.611. The molecule has 1 amide bonds. The van der Waals surface area contributed by atoms with E-state index >= 15 is 0 Å². The maximum absolute atomic E-state index is 12.2. The molecule has 0 heterocycles. The maximum Gasteiger partial charge on any atom is 0.226 e. The zero-order valence-electron chi connectivity index (χ0n) is 15.3. The number of carbonyl (C=O) groups is 1. The van der Waals surface area contributed by atoms with Gasteiger partial charge in [0.25, 0.3) is 0 Å². The molecule has 0 aromatic heterocycles. The molecule has 0 aliphatic heterocycles. The number of hydrogen-bond donors (Lipinski definition) is 2. The number of hydrogen-bond acceptors (Lipinski definition) is 4. The Morgan fingerprint density at radius 3 is 2.57 bits per heavy atom. The standard InChI is InChI=1S/C18H31N3O2/c1-14(19-12-18(2,3)13-21(4)5)11-17(22)20-15-9-7-8-10-16(15)23-6/h7-10,14,19H,11-13H2,1-6H3,(H,20,22). The molecule has 1 unspecified atom stereocenters. The Kier molecular flexibility index (Phi) is 7.52. The molecule has 5 heteroatoms. The summed E-state index contributed by atoms with van der Waals surface area (Å²) in [6.45, 7) is 8.35. The van der Waals surface area contributed by atoms with Gasteiger partial charge < -0.3 is 20.3 Å². The predicted octanol–water partition coefficient (Wildman–Crippen LogP) is 2.59. The summed E-state index contributed by atoms with van der Waals surface area (Å²) in [5.41, 5.74) is 0.872. The highest BCUT2D eigenvalue weighted by Gasteiger charge is 2.20. The number of amides is 1. The van der Waals surface area contributed by atoms with Crippen LogP contribution in [0, 0.1) is 5.41 Å². The summed E-state index contributed by atoms with van der Waals surface area (Å²) in [5, 5.41) is 6.36. The minimum absolute atomic E-state index is 0.0140. The van der Waals surface area contributed by atoms with Gasteiger partial charge >= 0.3 is 0 Å². The van der Waals surface area contributed by atoms with Gasteiger partial charge in [0.1, 0.15) is 5.75 Å². The SMILES string of the molecule is COc1ccccc1NC(=O)CC(C)NCC(C)(C)CN(C)C. The molecule has 0 fully saturated rings. The molecule has 23 heavy (non-hydrogen) atoms. The van der Waals surface area contributed by atoms with E-state index in [-0.39, 0.29) is 17.4 Å². The van der Waals surface area contributed by atoms with Crippen LogP contribution in [0.25, 0.3) is 0 Å². The normalized spacial score (nSPS) is 13.0. The lowest BCUT2D eigenvalue weighted by atomic mass is 9.92. The van der Waals surface area contributed by atoms with Gasteiger partial charge in [-0.3, -0.25) is 4.79 Å². The van der Waals surface area contributed by atoms with Crippen LogP contribution in [0.15, 0.2) is 24.3 Å². The molecule has 1 rings (SSSR count). The third-order valence-corrected chi connectivity index (χ3v) is 3.55. The van der Waals surface area contributed by atoms with Gasteiger partial charge in [-0.1, -0.05) is 26.0 Å². The van der Waals surface area contributed by atoms with E-state index in [4.69, 9.17) is 4.74 Å². The highest BCUT2D eigenvalue weighted by Crippen LogP contribution is 2.23. The maximum atomic E-state index is 12.2. The van der Waals surface area contributed by atoms with Crippen LogP contribution in [0.3, 0.4) is 0 Å². The first-order chi connectivity index (χ1) is 10.7. The number of nitrogens with zero attached hydrogens (tertiary/aromatic N) is 1. The molecule has 0 aliphatic rings. The number of methoxy groups -OCH3 is 1. The van der Waals surface area contributed by atoms with Gasteiger partial charge in [-0.2, -0.15) is 0 Å². The zero-order chi connectivity index (χ0) is 17.5. The summed E-state index contributed by atoms with van der Waals surface area (Å²) in [6.07, 6.45) is 0.427. The van der Waals surface area contributed by atoms with Gasteiger partial charge in [0.05, 0.1) is 12.8 Å². The quantitative estimate of drug-likeness (QED) is 0.734. The number of benzene rings is 1. The van der Waals surface area contributed by atoms with Crippen LogP contribution in [0.5, 0.6) is 5.75 Å². The summed E-state index contributed by atoms with van der Waals surface area (Å²) in [4.78, 5) is 14.4. The lowest BCUT2D eigenvalue weighted by Gasteiger charge is -2.30. The summed E-state index contributed by atoms with van der Waals surface area (Å²) >= 11 is 0. The van der Waals surface area contributed by atoms with Crippen LogP contribution in [-0.2, 0) is 4.79 Å². The van der Waals surface area contributed by atoms with Crippen molar-refractivity contribution in [1.29, 1.82) is 0 Å². The molecule has 0 saturated carbocycles. The number of rotatable bonds is 9. The van der Waals surface area contributed by atoms with E-state index in [2.05, 4.69) is 43.5 Å². The molecule has 5 nitrogen and oxygen atoms in total. The number of anilines is 1. The lowest BCUT2D eigenvalue weighted by Crippen LogP contribution is -2.41. The highest BCUT2D eigenvalue weighted by atomic mass is 16.5. The largest absolute Gasteiger partial charge is 0.495 e. The molecule has 0 spiro atoms. The summed E-state index contributed by atoms with van der Waals surface area (Å²) in [5.74, 6) is 0.661. The summed E-state index contributed by atoms with van der Waals surface area (Å²) in [7, 11) is 5.75. The van der Waals surface area contributed by atoms with Crippen molar-refractivity contribution < 1.29 is 9.53 Å². The van der Waals surface area contributed by atoms with Gasteiger partial charge in [0.15, 0.2) is 0 Å². The Bertz CT molecular complexity index is 501.